The van der Waals surface area contributed by atoms with Crippen LogP contribution in [0.15, 0.2) is 41.1 Å². The molecule has 0 amide bonds. The van der Waals surface area contributed by atoms with Crippen LogP contribution < -0.4 is 9.47 Å². The number of hydrogen-bond donors (Lipinski definition) is 0. The molecule has 0 aliphatic carbocycles. The predicted octanol–water partition coefficient (Wildman–Crippen LogP) is 5.25. The number of rotatable bonds is 6. The molecule has 6 heteroatoms. The van der Waals surface area contributed by atoms with E-state index in [2.05, 4.69) is 42.0 Å². The summed E-state index contributed by atoms with van der Waals surface area (Å²) in [4.78, 5) is 16.5. The second-order valence-electron chi connectivity index (χ2n) is 6.66. The molecule has 2 aromatic rings. The van der Waals surface area contributed by atoms with Crippen molar-refractivity contribution in [2.75, 3.05) is 6.61 Å². The van der Waals surface area contributed by atoms with Gasteiger partial charge in [-0.3, -0.25) is 0 Å². The maximum atomic E-state index is 11.8. The lowest BCUT2D eigenvalue weighted by molar-refractivity contribution is -0.136. The van der Waals surface area contributed by atoms with E-state index in [1.165, 1.54) is 11.1 Å². The summed E-state index contributed by atoms with van der Waals surface area (Å²) in [5.74, 6) is 0.512. The van der Waals surface area contributed by atoms with Crippen LogP contribution in [0.3, 0.4) is 0 Å². The summed E-state index contributed by atoms with van der Waals surface area (Å²) < 4.78 is 11.7. The minimum atomic E-state index is -0.485. The molecule has 5 nitrogen and oxygen atoms in total. The van der Waals surface area contributed by atoms with Crippen LogP contribution in [0.5, 0.6) is 11.5 Å². The molecule has 1 heterocycles. The molecule has 0 saturated carbocycles. The van der Waals surface area contributed by atoms with Gasteiger partial charge in [0.05, 0.1) is 22.9 Å². The SMILES string of the molecule is CCOc1cc(/C=C2/C(=O)ON=C2C)cc(Cl)c1OCc1cc(C)cc(C)c1. The molecule has 0 radical (unpaired) electrons. The van der Waals surface area contributed by atoms with Crippen molar-refractivity contribution < 1.29 is 19.1 Å². The Morgan fingerprint density at radius 1 is 1.07 bits per heavy atom. The van der Waals surface area contributed by atoms with E-state index in [0.717, 1.165) is 5.56 Å². The summed E-state index contributed by atoms with van der Waals surface area (Å²) in [5, 5.41) is 4.09. The van der Waals surface area contributed by atoms with Crippen molar-refractivity contribution in [3.05, 3.63) is 63.2 Å². The van der Waals surface area contributed by atoms with E-state index >= 15 is 0 Å². The third-order valence-corrected chi connectivity index (χ3v) is 4.46. The lowest BCUT2D eigenvalue weighted by Crippen LogP contribution is -2.03. The van der Waals surface area contributed by atoms with Crippen molar-refractivity contribution in [2.45, 2.75) is 34.3 Å². The van der Waals surface area contributed by atoms with Gasteiger partial charge >= 0.3 is 5.97 Å². The van der Waals surface area contributed by atoms with Crippen LogP contribution in [-0.2, 0) is 16.2 Å². The molecule has 2 aromatic carbocycles. The average molecular weight is 400 g/mol. The van der Waals surface area contributed by atoms with Crippen molar-refractivity contribution in [2.24, 2.45) is 5.16 Å². The van der Waals surface area contributed by atoms with E-state index in [9.17, 15) is 4.79 Å². The second kappa shape index (κ2) is 8.48. The van der Waals surface area contributed by atoms with Crippen LogP contribution >= 0.6 is 11.6 Å². The third-order valence-electron chi connectivity index (χ3n) is 4.18. The Kier molecular flexibility index (Phi) is 6.05. The molecule has 0 aromatic heterocycles. The highest BCUT2D eigenvalue weighted by molar-refractivity contribution is 6.32. The van der Waals surface area contributed by atoms with Gasteiger partial charge < -0.3 is 14.3 Å². The Morgan fingerprint density at radius 2 is 1.79 bits per heavy atom. The molecule has 0 saturated heterocycles. The normalized spacial score (nSPS) is 14.8. The molecular formula is C22H22ClNO4. The maximum absolute atomic E-state index is 11.8. The van der Waals surface area contributed by atoms with Crippen LogP contribution in [0.2, 0.25) is 5.02 Å². The third kappa shape index (κ3) is 4.54. The van der Waals surface area contributed by atoms with Gasteiger partial charge in [-0.05, 0) is 57.0 Å². The highest BCUT2D eigenvalue weighted by atomic mass is 35.5. The van der Waals surface area contributed by atoms with Gasteiger partial charge in [0, 0.05) is 0 Å². The Hall–Kier alpha value is -2.79. The monoisotopic (exact) mass is 399 g/mol. The van der Waals surface area contributed by atoms with Crippen LogP contribution in [0, 0.1) is 13.8 Å². The van der Waals surface area contributed by atoms with E-state index in [1.807, 2.05) is 6.92 Å². The summed E-state index contributed by atoms with van der Waals surface area (Å²) in [6.07, 6.45) is 1.68. The van der Waals surface area contributed by atoms with Crippen molar-refractivity contribution in [3.8, 4) is 11.5 Å². The van der Waals surface area contributed by atoms with Gasteiger partial charge in [-0.15, -0.1) is 0 Å². The first kappa shape index (κ1) is 20.0. The predicted molar refractivity (Wildman–Crippen MR) is 110 cm³/mol. The number of carbonyl (C=O) groups excluding carboxylic acids is 1. The lowest BCUT2D eigenvalue weighted by atomic mass is 10.1. The topological polar surface area (TPSA) is 57.1 Å². The average Bonchev–Trinajstić information content (AvgIpc) is 2.92. The van der Waals surface area contributed by atoms with Crippen molar-refractivity contribution in [3.63, 3.8) is 0 Å². The zero-order chi connectivity index (χ0) is 20.3. The Bertz CT molecular complexity index is 958. The number of aryl methyl sites for hydroxylation is 2. The molecule has 0 spiro atoms. The number of nitrogens with zero attached hydrogens (tertiary/aromatic N) is 1. The first-order valence-electron chi connectivity index (χ1n) is 9.01. The number of benzene rings is 2. The van der Waals surface area contributed by atoms with Crippen molar-refractivity contribution in [1.82, 2.24) is 0 Å². The van der Waals surface area contributed by atoms with Gasteiger partial charge in [-0.1, -0.05) is 46.1 Å². The minimum Gasteiger partial charge on any atom is -0.490 e. The minimum absolute atomic E-state index is 0.376. The van der Waals surface area contributed by atoms with Crippen LogP contribution in [0.1, 0.15) is 36.1 Å². The zero-order valence-electron chi connectivity index (χ0n) is 16.3. The first-order chi connectivity index (χ1) is 13.4. The quantitative estimate of drug-likeness (QED) is 0.491. The Balaban J connectivity index is 1.90. The van der Waals surface area contributed by atoms with Crippen LogP contribution in [0.4, 0.5) is 0 Å². The zero-order valence-corrected chi connectivity index (χ0v) is 17.1. The van der Waals surface area contributed by atoms with Crippen LogP contribution in [-0.4, -0.2) is 18.3 Å². The largest absolute Gasteiger partial charge is 0.490 e. The summed E-state index contributed by atoms with van der Waals surface area (Å²) in [5.41, 5.74) is 5.03. The standard InChI is InChI=1S/C22H22ClNO4/c1-5-26-20-11-16(9-18-15(4)24-28-22(18)25)10-19(23)21(20)27-12-17-7-13(2)6-14(3)8-17/h6-11H,5,12H2,1-4H3/b18-9+. The number of hydrogen-bond acceptors (Lipinski definition) is 5. The Labute approximate surface area is 169 Å². The number of ether oxygens (including phenoxy) is 2. The molecule has 28 heavy (non-hydrogen) atoms. The molecule has 1 aliphatic rings. The smallest absolute Gasteiger partial charge is 0.367 e. The lowest BCUT2D eigenvalue weighted by Gasteiger charge is -2.15. The molecule has 0 bridgehead atoms. The summed E-state index contributed by atoms with van der Waals surface area (Å²) >= 11 is 6.48. The van der Waals surface area contributed by atoms with E-state index in [1.54, 1.807) is 25.1 Å². The van der Waals surface area contributed by atoms with Gasteiger partial charge in [-0.25, -0.2) is 4.79 Å². The Morgan fingerprint density at radius 3 is 2.39 bits per heavy atom. The molecule has 0 atom stereocenters. The van der Waals surface area contributed by atoms with Gasteiger partial charge in [0.15, 0.2) is 11.5 Å². The number of carbonyl (C=O) groups is 1. The van der Waals surface area contributed by atoms with Crippen molar-refractivity contribution in [1.29, 1.82) is 0 Å². The van der Waals surface area contributed by atoms with E-state index < -0.39 is 5.97 Å². The molecule has 146 valence electrons. The van der Waals surface area contributed by atoms with Crippen molar-refractivity contribution >= 4 is 29.4 Å². The van der Waals surface area contributed by atoms with Gasteiger partial charge in [0.2, 0.25) is 0 Å². The van der Waals surface area contributed by atoms with E-state index in [-0.39, 0.29) is 0 Å². The fraction of sp³-hybridized carbons (Fsp3) is 0.273. The molecule has 1 aliphatic heterocycles. The number of oxime groups is 1. The van der Waals surface area contributed by atoms with E-state index in [4.69, 9.17) is 21.1 Å². The second-order valence-corrected chi connectivity index (χ2v) is 7.07. The highest BCUT2D eigenvalue weighted by Crippen LogP contribution is 2.38. The summed E-state index contributed by atoms with van der Waals surface area (Å²) in [6, 6.07) is 9.79. The fourth-order valence-corrected chi connectivity index (χ4v) is 3.34. The molecule has 3 rings (SSSR count). The first-order valence-corrected chi connectivity index (χ1v) is 9.39. The molecular weight excluding hydrogens is 378 g/mol. The van der Waals surface area contributed by atoms with Crippen LogP contribution in [0.25, 0.3) is 6.08 Å². The molecule has 0 fully saturated rings. The van der Waals surface area contributed by atoms with E-state index in [0.29, 0.717) is 46.6 Å². The number of halogens is 1. The fourth-order valence-electron chi connectivity index (χ4n) is 3.07. The van der Waals surface area contributed by atoms with Gasteiger partial charge in [0.1, 0.15) is 6.61 Å². The van der Waals surface area contributed by atoms with Gasteiger partial charge in [-0.2, -0.15) is 0 Å². The highest BCUT2D eigenvalue weighted by Gasteiger charge is 2.22. The molecule has 0 unspecified atom stereocenters. The summed E-state index contributed by atoms with van der Waals surface area (Å²) in [7, 11) is 0. The molecule has 0 N–H and O–H groups in total. The maximum Gasteiger partial charge on any atom is 0.367 e. The summed E-state index contributed by atoms with van der Waals surface area (Å²) in [6.45, 7) is 8.54. The van der Waals surface area contributed by atoms with Gasteiger partial charge in [0.25, 0.3) is 0 Å².